The lowest BCUT2D eigenvalue weighted by Gasteiger charge is -2.09. The minimum absolute atomic E-state index is 1.05. The predicted octanol–water partition coefficient (Wildman–Crippen LogP) is 7.61. The first kappa shape index (κ1) is 17.6. The van der Waals surface area contributed by atoms with Crippen molar-refractivity contribution in [2.45, 2.75) is 0 Å². The Kier molecular flexibility index (Phi) is 3.72. The molecule has 0 radical (unpaired) electrons. The molecule has 0 bridgehead atoms. The molecule has 0 atom stereocenters. The molecule has 7 aromatic rings. The number of nitrogens with zero attached hydrogens (tertiary/aromatic N) is 3. The Morgan fingerprint density at radius 3 is 2.31 bits per heavy atom. The molecule has 0 saturated heterocycles. The Balaban J connectivity index is 1.53. The topological polar surface area (TPSA) is 30.7 Å². The summed E-state index contributed by atoms with van der Waals surface area (Å²) >= 11 is 1.85. The van der Waals surface area contributed by atoms with Crippen molar-refractivity contribution in [1.29, 1.82) is 0 Å². The SMILES string of the molecule is c1ccc2c(c1)sc1c2ccc2c1c1ncccc1n2-c1ccc(-c2ccncc2)cc1. The lowest BCUT2D eigenvalue weighted by Crippen LogP contribution is -1.93. The molecular formula is C28H17N3S. The van der Waals surface area contributed by atoms with Crippen LogP contribution in [0.5, 0.6) is 0 Å². The second-order valence-electron chi connectivity index (χ2n) is 7.92. The zero-order valence-electron chi connectivity index (χ0n) is 17.1. The van der Waals surface area contributed by atoms with E-state index in [1.807, 2.05) is 48.1 Å². The molecule has 32 heavy (non-hydrogen) atoms. The fourth-order valence-electron chi connectivity index (χ4n) is 4.72. The van der Waals surface area contributed by atoms with Crippen molar-refractivity contribution >= 4 is 53.4 Å². The first-order valence-electron chi connectivity index (χ1n) is 10.6. The lowest BCUT2D eigenvalue weighted by atomic mass is 10.1. The molecule has 3 aromatic carbocycles. The summed E-state index contributed by atoms with van der Waals surface area (Å²) in [6.07, 6.45) is 5.56. The smallest absolute Gasteiger partial charge is 0.0977 e. The van der Waals surface area contributed by atoms with Crippen LogP contribution >= 0.6 is 11.3 Å². The van der Waals surface area contributed by atoms with Crippen LogP contribution < -0.4 is 0 Å². The summed E-state index contributed by atoms with van der Waals surface area (Å²) in [5, 5.41) is 3.85. The van der Waals surface area contributed by atoms with Gasteiger partial charge in [-0.25, -0.2) is 0 Å². The van der Waals surface area contributed by atoms with E-state index in [1.54, 1.807) is 0 Å². The van der Waals surface area contributed by atoms with Crippen LogP contribution in [0, 0.1) is 0 Å². The molecule has 7 rings (SSSR count). The highest BCUT2D eigenvalue weighted by atomic mass is 32.1. The van der Waals surface area contributed by atoms with Crippen LogP contribution in [0.15, 0.2) is 104 Å². The van der Waals surface area contributed by atoms with E-state index in [4.69, 9.17) is 4.98 Å². The third kappa shape index (κ3) is 2.47. The van der Waals surface area contributed by atoms with Crippen LogP contribution in [0.25, 0.3) is 58.9 Å². The van der Waals surface area contributed by atoms with E-state index in [2.05, 4.69) is 76.3 Å². The minimum Gasteiger partial charge on any atom is -0.308 e. The molecular weight excluding hydrogens is 410 g/mol. The number of hydrogen-bond acceptors (Lipinski definition) is 3. The molecule has 3 nitrogen and oxygen atoms in total. The van der Waals surface area contributed by atoms with Gasteiger partial charge in [0.15, 0.2) is 0 Å². The van der Waals surface area contributed by atoms with Gasteiger partial charge >= 0.3 is 0 Å². The van der Waals surface area contributed by atoms with E-state index >= 15 is 0 Å². The van der Waals surface area contributed by atoms with Crippen molar-refractivity contribution in [2.75, 3.05) is 0 Å². The van der Waals surface area contributed by atoms with E-state index in [0.717, 1.165) is 16.7 Å². The molecule has 4 heteroatoms. The van der Waals surface area contributed by atoms with Gasteiger partial charge in [-0.3, -0.25) is 9.97 Å². The largest absolute Gasteiger partial charge is 0.308 e. The highest BCUT2D eigenvalue weighted by Gasteiger charge is 2.18. The van der Waals surface area contributed by atoms with Gasteiger partial charge in [-0.1, -0.05) is 36.4 Å². The van der Waals surface area contributed by atoms with Gasteiger partial charge in [0.1, 0.15) is 0 Å². The second kappa shape index (κ2) is 6.74. The molecule has 0 saturated carbocycles. The zero-order chi connectivity index (χ0) is 21.1. The molecule has 150 valence electrons. The third-order valence-corrected chi connectivity index (χ3v) is 7.37. The molecule has 0 aliphatic carbocycles. The lowest BCUT2D eigenvalue weighted by molar-refractivity contribution is 1.18. The summed E-state index contributed by atoms with van der Waals surface area (Å²) in [4.78, 5) is 8.95. The van der Waals surface area contributed by atoms with Gasteiger partial charge in [0.25, 0.3) is 0 Å². The van der Waals surface area contributed by atoms with Crippen molar-refractivity contribution in [3.05, 3.63) is 104 Å². The first-order chi connectivity index (χ1) is 15.9. The third-order valence-electron chi connectivity index (χ3n) is 6.17. The van der Waals surface area contributed by atoms with Crippen LogP contribution in [0.4, 0.5) is 0 Å². The Morgan fingerprint density at radius 2 is 1.44 bits per heavy atom. The number of aromatic nitrogens is 3. The van der Waals surface area contributed by atoms with Crippen LogP contribution in [-0.4, -0.2) is 14.5 Å². The van der Waals surface area contributed by atoms with E-state index in [0.29, 0.717) is 0 Å². The van der Waals surface area contributed by atoms with Gasteiger partial charge in [0.05, 0.1) is 16.6 Å². The maximum atomic E-state index is 4.82. The number of thiophene rings is 1. The van der Waals surface area contributed by atoms with E-state index in [-0.39, 0.29) is 0 Å². The Bertz CT molecular complexity index is 1760. The number of hydrogen-bond donors (Lipinski definition) is 0. The number of pyridine rings is 2. The summed E-state index contributed by atoms with van der Waals surface area (Å²) in [5.41, 5.74) is 6.86. The molecule has 0 N–H and O–H groups in total. The Morgan fingerprint density at radius 1 is 0.625 bits per heavy atom. The highest BCUT2D eigenvalue weighted by molar-refractivity contribution is 7.26. The fourth-order valence-corrected chi connectivity index (χ4v) is 5.96. The molecule has 0 spiro atoms. The van der Waals surface area contributed by atoms with E-state index < -0.39 is 0 Å². The summed E-state index contributed by atoms with van der Waals surface area (Å²) in [6, 6.07) is 30.2. The average Bonchev–Trinajstić information content (AvgIpc) is 3.40. The van der Waals surface area contributed by atoms with Crippen molar-refractivity contribution in [1.82, 2.24) is 14.5 Å². The second-order valence-corrected chi connectivity index (χ2v) is 8.98. The first-order valence-corrected chi connectivity index (χ1v) is 11.4. The van der Waals surface area contributed by atoms with Crippen LogP contribution in [0.1, 0.15) is 0 Å². The van der Waals surface area contributed by atoms with Gasteiger partial charge in [0, 0.05) is 49.8 Å². The monoisotopic (exact) mass is 427 g/mol. The molecule has 0 unspecified atom stereocenters. The van der Waals surface area contributed by atoms with Gasteiger partial charge in [-0.2, -0.15) is 0 Å². The van der Waals surface area contributed by atoms with Crippen molar-refractivity contribution in [3.8, 4) is 16.8 Å². The number of benzene rings is 3. The molecule has 0 aliphatic heterocycles. The van der Waals surface area contributed by atoms with Gasteiger partial charge < -0.3 is 4.57 Å². The predicted molar refractivity (Wildman–Crippen MR) is 135 cm³/mol. The standard InChI is InChI=1S/C28H17N3S/c1-2-6-25-21(4-1)22-11-12-23-26(28(22)32-25)27-24(5-3-15-30-27)31(23)20-9-7-18(8-10-20)19-13-16-29-17-14-19/h1-17H. The maximum absolute atomic E-state index is 4.82. The molecule has 4 aromatic heterocycles. The summed E-state index contributed by atoms with van der Waals surface area (Å²) < 4.78 is 4.95. The minimum atomic E-state index is 1.05. The quantitative estimate of drug-likeness (QED) is 0.284. The summed E-state index contributed by atoms with van der Waals surface area (Å²) in [5.74, 6) is 0. The molecule has 0 aliphatic rings. The van der Waals surface area contributed by atoms with Gasteiger partial charge in [-0.15, -0.1) is 11.3 Å². The van der Waals surface area contributed by atoms with Crippen molar-refractivity contribution in [2.24, 2.45) is 0 Å². The highest BCUT2D eigenvalue weighted by Crippen LogP contribution is 2.42. The molecule has 0 amide bonds. The average molecular weight is 428 g/mol. The Labute approximate surface area is 188 Å². The van der Waals surface area contributed by atoms with Gasteiger partial charge in [0.2, 0.25) is 0 Å². The molecule has 4 heterocycles. The summed E-state index contributed by atoms with van der Waals surface area (Å²) in [6.45, 7) is 0. The summed E-state index contributed by atoms with van der Waals surface area (Å²) in [7, 11) is 0. The van der Waals surface area contributed by atoms with E-state index in [1.165, 1.54) is 42.2 Å². The number of rotatable bonds is 2. The zero-order valence-corrected chi connectivity index (χ0v) is 17.9. The maximum Gasteiger partial charge on any atom is 0.0977 e. The van der Waals surface area contributed by atoms with Crippen LogP contribution in [-0.2, 0) is 0 Å². The normalized spacial score (nSPS) is 11.8. The number of fused-ring (bicyclic) bond motifs is 7. The van der Waals surface area contributed by atoms with E-state index in [9.17, 15) is 0 Å². The fraction of sp³-hybridized carbons (Fsp3) is 0. The molecule has 0 fully saturated rings. The van der Waals surface area contributed by atoms with Crippen molar-refractivity contribution in [3.63, 3.8) is 0 Å². The Hall–Kier alpha value is -4.02. The van der Waals surface area contributed by atoms with Crippen molar-refractivity contribution < 1.29 is 0 Å². The van der Waals surface area contributed by atoms with Crippen LogP contribution in [0.2, 0.25) is 0 Å². The van der Waals surface area contributed by atoms with Crippen LogP contribution in [0.3, 0.4) is 0 Å². The van der Waals surface area contributed by atoms with Gasteiger partial charge in [-0.05, 0) is 59.7 Å².